The van der Waals surface area contributed by atoms with Crippen LogP contribution in [0.15, 0.2) is 91.0 Å². The summed E-state index contributed by atoms with van der Waals surface area (Å²) in [5, 5.41) is 2.81. The van der Waals surface area contributed by atoms with Gasteiger partial charge in [0.15, 0.2) is 0 Å². The summed E-state index contributed by atoms with van der Waals surface area (Å²) < 4.78 is 42.8. The Morgan fingerprint density at radius 2 is 1.51 bits per heavy atom. The number of aryl methyl sites for hydroxylation is 1. The number of para-hydroxylation sites is 1. The number of carbonyl (C=O) groups excluding carboxylic acids is 1. The SMILES string of the molecule is CC(=O)NCCCCc1ccc(OCc2cccc(-c3ccccc3)c2C)cc1OCc1ccccc1OC(F)F. The fraction of sp³-hybridized carbons (Fsp3) is 0.265. The van der Waals surface area contributed by atoms with E-state index in [9.17, 15) is 13.6 Å². The highest BCUT2D eigenvalue weighted by Gasteiger charge is 2.13. The van der Waals surface area contributed by atoms with E-state index in [0.717, 1.165) is 47.1 Å². The van der Waals surface area contributed by atoms with Gasteiger partial charge in [0.1, 0.15) is 30.5 Å². The lowest BCUT2D eigenvalue weighted by Crippen LogP contribution is -2.20. The topological polar surface area (TPSA) is 56.8 Å². The zero-order valence-electron chi connectivity index (χ0n) is 23.4. The van der Waals surface area contributed by atoms with Crippen LogP contribution in [0.25, 0.3) is 11.1 Å². The third kappa shape index (κ3) is 8.80. The standard InChI is InChI=1S/C34H35F2NO4/c1-24-28(15-10-16-31(24)26-11-4-3-5-12-26)22-39-30-19-18-27(13-8-9-20-37-25(2)38)33(21-30)40-23-29-14-6-7-17-32(29)41-34(35)36/h3-7,10-12,14-19,21,34H,8-9,13,20,22-23H2,1-2H3,(H,37,38). The normalized spacial score (nSPS) is 10.9. The van der Waals surface area contributed by atoms with Crippen LogP contribution in [-0.4, -0.2) is 19.1 Å². The molecule has 4 aromatic carbocycles. The quantitative estimate of drug-likeness (QED) is 0.160. The minimum atomic E-state index is -2.92. The number of amides is 1. The summed E-state index contributed by atoms with van der Waals surface area (Å²) in [5.74, 6) is 1.29. The van der Waals surface area contributed by atoms with Crippen molar-refractivity contribution in [2.75, 3.05) is 6.54 Å². The van der Waals surface area contributed by atoms with Crippen LogP contribution in [0.4, 0.5) is 8.78 Å². The Bertz CT molecular complexity index is 1430. The van der Waals surface area contributed by atoms with Crippen molar-refractivity contribution < 1.29 is 27.8 Å². The van der Waals surface area contributed by atoms with Crippen molar-refractivity contribution in [3.63, 3.8) is 0 Å². The lowest BCUT2D eigenvalue weighted by atomic mass is 9.97. The highest BCUT2D eigenvalue weighted by molar-refractivity contribution is 5.72. The largest absolute Gasteiger partial charge is 0.489 e. The van der Waals surface area contributed by atoms with Crippen LogP contribution in [0.3, 0.4) is 0 Å². The van der Waals surface area contributed by atoms with E-state index in [1.54, 1.807) is 18.2 Å². The zero-order valence-corrected chi connectivity index (χ0v) is 23.4. The predicted octanol–water partition coefficient (Wildman–Crippen LogP) is 7.88. The average Bonchev–Trinajstić information content (AvgIpc) is 2.96. The first kappa shape index (κ1) is 29.6. The van der Waals surface area contributed by atoms with Crippen molar-refractivity contribution in [3.8, 4) is 28.4 Å². The van der Waals surface area contributed by atoms with Gasteiger partial charge in [0, 0.05) is 25.1 Å². The maximum Gasteiger partial charge on any atom is 0.387 e. The fourth-order valence-electron chi connectivity index (χ4n) is 4.59. The molecule has 4 rings (SSSR count). The maximum absolute atomic E-state index is 12.9. The van der Waals surface area contributed by atoms with E-state index in [2.05, 4.69) is 41.2 Å². The van der Waals surface area contributed by atoms with Crippen molar-refractivity contribution in [2.24, 2.45) is 0 Å². The minimum Gasteiger partial charge on any atom is -0.489 e. The smallest absolute Gasteiger partial charge is 0.387 e. The summed E-state index contributed by atoms with van der Waals surface area (Å²) in [4.78, 5) is 11.2. The average molecular weight is 560 g/mol. The summed E-state index contributed by atoms with van der Waals surface area (Å²) in [6, 6.07) is 28.8. The molecule has 0 unspecified atom stereocenters. The van der Waals surface area contributed by atoms with Crippen LogP contribution in [-0.2, 0) is 24.4 Å². The Morgan fingerprint density at radius 3 is 2.29 bits per heavy atom. The fourth-order valence-corrected chi connectivity index (χ4v) is 4.59. The first-order chi connectivity index (χ1) is 19.9. The number of halogens is 2. The Morgan fingerprint density at radius 1 is 0.780 bits per heavy atom. The molecule has 0 saturated carbocycles. The van der Waals surface area contributed by atoms with Crippen LogP contribution < -0.4 is 19.5 Å². The lowest BCUT2D eigenvalue weighted by Gasteiger charge is -2.17. The van der Waals surface area contributed by atoms with Crippen LogP contribution in [0.2, 0.25) is 0 Å². The molecule has 0 spiro atoms. The molecule has 0 aliphatic heterocycles. The number of ether oxygens (including phenoxy) is 3. The lowest BCUT2D eigenvalue weighted by molar-refractivity contribution is -0.118. The summed E-state index contributed by atoms with van der Waals surface area (Å²) in [6.45, 7) is 1.72. The molecule has 0 aliphatic carbocycles. The Balaban J connectivity index is 1.49. The number of hydrogen-bond donors (Lipinski definition) is 1. The summed E-state index contributed by atoms with van der Waals surface area (Å²) in [6.07, 6.45) is 2.38. The van der Waals surface area contributed by atoms with Gasteiger partial charge in [-0.2, -0.15) is 8.78 Å². The van der Waals surface area contributed by atoms with E-state index in [1.807, 2.05) is 42.5 Å². The van der Waals surface area contributed by atoms with Crippen molar-refractivity contribution in [2.45, 2.75) is 52.9 Å². The summed E-state index contributed by atoms with van der Waals surface area (Å²) >= 11 is 0. The number of hydrogen-bond acceptors (Lipinski definition) is 4. The van der Waals surface area contributed by atoms with Gasteiger partial charge in [0.05, 0.1) is 0 Å². The molecule has 7 heteroatoms. The molecule has 41 heavy (non-hydrogen) atoms. The second kappa shape index (κ2) is 14.8. The number of carbonyl (C=O) groups is 1. The van der Waals surface area contributed by atoms with Crippen LogP contribution >= 0.6 is 0 Å². The Hall–Kier alpha value is -4.39. The van der Waals surface area contributed by atoms with E-state index in [4.69, 9.17) is 9.47 Å². The van der Waals surface area contributed by atoms with Gasteiger partial charge in [0.2, 0.25) is 5.91 Å². The minimum absolute atomic E-state index is 0.0512. The maximum atomic E-state index is 12.9. The van der Waals surface area contributed by atoms with Gasteiger partial charge in [-0.15, -0.1) is 0 Å². The Kier molecular flexibility index (Phi) is 10.7. The van der Waals surface area contributed by atoms with E-state index in [0.29, 0.717) is 30.2 Å². The summed E-state index contributed by atoms with van der Waals surface area (Å²) in [7, 11) is 0. The molecule has 4 aromatic rings. The number of unbranched alkanes of at least 4 members (excludes halogenated alkanes) is 1. The first-order valence-electron chi connectivity index (χ1n) is 13.7. The summed E-state index contributed by atoms with van der Waals surface area (Å²) in [5.41, 5.74) is 6.03. The molecule has 5 nitrogen and oxygen atoms in total. The molecule has 0 heterocycles. The second-order valence-corrected chi connectivity index (χ2v) is 9.73. The van der Waals surface area contributed by atoms with Gasteiger partial charge >= 0.3 is 6.61 Å². The van der Waals surface area contributed by atoms with Crippen LogP contribution in [0.1, 0.15) is 42.0 Å². The van der Waals surface area contributed by atoms with E-state index in [-0.39, 0.29) is 18.3 Å². The third-order valence-corrected chi connectivity index (χ3v) is 6.78. The van der Waals surface area contributed by atoms with Crippen LogP contribution in [0, 0.1) is 6.92 Å². The molecule has 214 valence electrons. The monoisotopic (exact) mass is 559 g/mol. The molecule has 0 radical (unpaired) electrons. The number of nitrogens with one attached hydrogen (secondary N) is 1. The molecular formula is C34H35F2NO4. The van der Waals surface area contributed by atoms with Gasteiger partial charge in [-0.05, 0) is 66.1 Å². The van der Waals surface area contributed by atoms with Gasteiger partial charge < -0.3 is 19.5 Å². The van der Waals surface area contributed by atoms with E-state index >= 15 is 0 Å². The molecule has 0 saturated heterocycles. The molecule has 0 aliphatic rings. The predicted molar refractivity (Wildman–Crippen MR) is 156 cm³/mol. The van der Waals surface area contributed by atoms with Crippen molar-refractivity contribution in [3.05, 3.63) is 113 Å². The van der Waals surface area contributed by atoms with Gasteiger partial charge in [-0.25, -0.2) is 0 Å². The molecular weight excluding hydrogens is 524 g/mol. The molecule has 1 N–H and O–H groups in total. The first-order valence-corrected chi connectivity index (χ1v) is 13.7. The van der Waals surface area contributed by atoms with E-state index < -0.39 is 6.61 Å². The van der Waals surface area contributed by atoms with Gasteiger partial charge in [-0.3, -0.25) is 4.79 Å². The van der Waals surface area contributed by atoms with Gasteiger partial charge in [0.25, 0.3) is 0 Å². The number of benzene rings is 4. The van der Waals surface area contributed by atoms with Crippen molar-refractivity contribution >= 4 is 5.91 Å². The van der Waals surface area contributed by atoms with Crippen molar-refractivity contribution in [1.29, 1.82) is 0 Å². The molecule has 1 amide bonds. The Labute approximate surface area is 240 Å². The third-order valence-electron chi connectivity index (χ3n) is 6.78. The molecule has 0 aromatic heterocycles. The zero-order chi connectivity index (χ0) is 29.0. The number of alkyl halides is 2. The second-order valence-electron chi connectivity index (χ2n) is 9.73. The van der Waals surface area contributed by atoms with E-state index in [1.165, 1.54) is 13.0 Å². The van der Waals surface area contributed by atoms with Crippen molar-refractivity contribution in [1.82, 2.24) is 5.32 Å². The molecule has 0 fully saturated rings. The molecule has 0 atom stereocenters. The van der Waals surface area contributed by atoms with Gasteiger partial charge in [-0.1, -0.05) is 72.8 Å². The van der Waals surface area contributed by atoms with Crippen LogP contribution in [0.5, 0.6) is 17.2 Å². The number of rotatable bonds is 14. The highest BCUT2D eigenvalue weighted by atomic mass is 19.3. The highest BCUT2D eigenvalue weighted by Crippen LogP contribution is 2.31. The molecule has 0 bridgehead atoms.